The minimum absolute atomic E-state index is 0.124. The summed E-state index contributed by atoms with van der Waals surface area (Å²) in [5, 5.41) is 14.4. The number of nitrogens with zero attached hydrogens (tertiary/aromatic N) is 4. The molecule has 1 amide bonds. The number of nitrogens with one attached hydrogen (secondary N) is 1. The molecule has 0 fully saturated rings. The maximum atomic E-state index is 14.3. The van der Waals surface area contributed by atoms with Crippen molar-refractivity contribution in [2.24, 2.45) is 0 Å². The Hall–Kier alpha value is -3.98. The molecule has 1 aromatic heterocycles. The van der Waals surface area contributed by atoms with Crippen molar-refractivity contribution in [3.63, 3.8) is 0 Å². The highest BCUT2D eigenvalue weighted by molar-refractivity contribution is 6.30. The molecule has 0 atom stereocenters. The molecule has 0 radical (unpaired) electrons. The molecule has 4 aromatic rings. The van der Waals surface area contributed by atoms with Crippen LogP contribution in [-0.2, 0) is 6.61 Å². The summed E-state index contributed by atoms with van der Waals surface area (Å²) < 4.78 is 26.7. The van der Waals surface area contributed by atoms with Gasteiger partial charge in [-0.2, -0.15) is 4.68 Å². The second kappa shape index (κ2) is 9.66. The SMILES string of the molecule is COc1cc(C(=O)Nc2ccc(F)c(-n3nnnc3C)c2)ccc1OCc1ccc(Cl)cc1. The Morgan fingerprint density at radius 1 is 1.09 bits per heavy atom. The molecule has 0 spiro atoms. The number of anilines is 1. The molecule has 0 unspecified atom stereocenters. The lowest BCUT2D eigenvalue weighted by Crippen LogP contribution is -2.13. The summed E-state index contributed by atoms with van der Waals surface area (Å²) in [5.41, 5.74) is 1.79. The smallest absolute Gasteiger partial charge is 0.255 e. The summed E-state index contributed by atoms with van der Waals surface area (Å²) in [4.78, 5) is 12.8. The number of hydrogen-bond donors (Lipinski definition) is 1. The van der Waals surface area contributed by atoms with Crippen LogP contribution >= 0.6 is 11.6 Å². The maximum absolute atomic E-state index is 14.3. The number of benzene rings is 3. The standard InChI is InChI=1S/C23H19ClFN5O3/c1-14-27-28-29-30(14)20-12-18(8-9-19(20)25)26-23(31)16-5-10-21(22(11-16)32-2)33-13-15-3-6-17(24)7-4-15/h3-12H,13H2,1-2H3,(H,26,31). The van der Waals surface area contributed by atoms with Gasteiger partial charge in [0.05, 0.1) is 7.11 Å². The number of halogens is 2. The van der Waals surface area contributed by atoms with Gasteiger partial charge in [-0.15, -0.1) is 5.10 Å². The summed E-state index contributed by atoms with van der Waals surface area (Å²) in [6, 6.07) is 16.3. The van der Waals surface area contributed by atoms with E-state index >= 15 is 0 Å². The van der Waals surface area contributed by atoms with E-state index in [-0.39, 0.29) is 5.69 Å². The van der Waals surface area contributed by atoms with Gasteiger partial charge in [0.25, 0.3) is 5.91 Å². The molecule has 0 aliphatic carbocycles. The van der Waals surface area contributed by atoms with Crippen molar-refractivity contribution in [3.05, 3.63) is 88.5 Å². The average molecular weight is 468 g/mol. The Morgan fingerprint density at radius 3 is 2.58 bits per heavy atom. The lowest BCUT2D eigenvalue weighted by atomic mass is 10.1. The molecule has 8 nitrogen and oxygen atoms in total. The second-order valence-electron chi connectivity index (χ2n) is 7.04. The van der Waals surface area contributed by atoms with Crippen molar-refractivity contribution in [2.45, 2.75) is 13.5 Å². The summed E-state index contributed by atoms with van der Waals surface area (Å²) in [5.74, 6) is 0.384. The van der Waals surface area contributed by atoms with Gasteiger partial charge in [-0.1, -0.05) is 23.7 Å². The van der Waals surface area contributed by atoms with Crippen molar-refractivity contribution >= 4 is 23.2 Å². The summed E-state index contributed by atoms with van der Waals surface area (Å²) >= 11 is 5.90. The summed E-state index contributed by atoms with van der Waals surface area (Å²) in [6.07, 6.45) is 0. The van der Waals surface area contributed by atoms with Crippen LogP contribution in [0.3, 0.4) is 0 Å². The van der Waals surface area contributed by atoms with Gasteiger partial charge in [0, 0.05) is 16.3 Å². The van der Waals surface area contributed by atoms with E-state index in [1.165, 1.54) is 30.0 Å². The number of rotatable bonds is 7. The Balaban J connectivity index is 1.49. The highest BCUT2D eigenvalue weighted by atomic mass is 35.5. The molecule has 0 saturated heterocycles. The quantitative estimate of drug-likeness (QED) is 0.427. The summed E-state index contributed by atoms with van der Waals surface area (Å²) in [6.45, 7) is 1.96. The van der Waals surface area contributed by atoms with Gasteiger partial charge < -0.3 is 14.8 Å². The molecule has 3 aromatic carbocycles. The Kier molecular flexibility index (Phi) is 6.50. The normalized spacial score (nSPS) is 10.7. The van der Waals surface area contributed by atoms with Crippen molar-refractivity contribution in [2.75, 3.05) is 12.4 Å². The highest BCUT2D eigenvalue weighted by Crippen LogP contribution is 2.29. The zero-order chi connectivity index (χ0) is 23.4. The first-order valence-corrected chi connectivity index (χ1v) is 10.2. The second-order valence-corrected chi connectivity index (χ2v) is 7.48. The number of aryl methyl sites for hydroxylation is 1. The molecule has 1 N–H and O–H groups in total. The Bertz CT molecular complexity index is 1290. The molecule has 33 heavy (non-hydrogen) atoms. The highest BCUT2D eigenvalue weighted by Gasteiger charge is 2.15. The van der Waals surface area contributed by atoms with Crippen LogP contribution < -0.4 is 14.8 Å². The van der Waals surface area contributed by atoms with E-state index in [2.05, 4.69) is 20.8 Å². The largest absolute Gasteiger partial charge is 0.493 e. The Morgan fingerprint density at radius 2 is 1.88 bits per heavy atom. The monoisotopic (exact) mass is 467 g/mol. The first-order chi connectivity index (χ1) is 15.9. The third-order valence-electron chi connectivity index (χ3n) is 4.79. The van der Waals surface area contributed by atoms with Crippen molar-refractivity contribution < 1.29 is 18.7 Å². The molecule has 4 rings (SSSR count). The van der Waals surface area contributed by atoms with E-state index in [1.54, 1.807) is 37.3 Å². The molecule has 1 heterocycles. The van der Waals surface area contributed by atoms with E-state index in [0.29, 0.717) is 40.2 Å². The van der Waals surface area contributed by atoms with Gasteiger partial charge in [0.15, 0.2) is 17.3 Å². The minimum Gasteiger partial charge on any atom is -0.493 e. The van der Waals surface area contributed by atoms with Crippen LogP contribution in [-0.4, -0.2) is 33.2 Å². The predicted molar refractivity (Wildman–Crippen MR) is 121 cm³/mol. The zero-order valence-corrected chi connectivity index (χ0v) is 18.5. The van der Waals surface area contributed by atoms with Crippen molar-refractivity contribution in [1.82, 2.24) is 20.2 Å². The van der Waals surface area contributed by atoms with E-state index in [1.807, 2.05) is 12.1 Å². The lowest BCUT2D eigenvalue weighted by Gasteiger charge is -2.13. The first kappa shape index (κ1) is 22.2. The number of amides is 1. The number of carbonyl (C=O) groups is 1. The fraction of sp³-hybridized carbons (Fsp3) is 0.130. The maximum Gasteiger partial charge on any atom is 0.255 e. The van der Waals surface area contributed by atoms with Gasteiger partial charge in [0.2, 0.25) is 0 Å². The van der Waals surface area contributed by atoms with E-state index in [9.17, 15) is 9.18 Å². The Labute approximate surface area is 193 Å². The van der Waals surface area contributed by atoms with Crippen LogP contribution in [0.5, 0.6) is 11.5 Å². The van der Waals surface area contributed by atoms with E-state index < -0.39 is 11.7 Å². The predicted octanol–water partition coefficient (Wildman–Crippen LogP) is 4.60. The van der Waals surface area contributed by atoms with Gasteiger partial charge in [0.1, 0.15) is 18.1 Å². The molecule has 10 heteroatoms. The van der Waals surface area contributed by atoms with Crippen LogP contribution in [0, 0.1) is 12.7 Å². The van der Waals surface area contributed by atoms with Crippen molar-refractivity contribution in [1.29, 1.82) is 0 Å². The molecule has 0 aliphatic heterocycles. The third kappa shape index (κ3) is 5.09. The van der Waals surface area contributed by atoms with Crippen LogP contribution in [0.25, 0.3) is 5.69 Å². The van der Waals surface area contributed by atoms with Gasteiger partial charge in [-0.05, 0) is 71.4 Å². The molecular weight excluding hydrogens is 449 g/mol. The zero-order valence-electron chi connectivity index (χ0n) is 17.8. The average Bonchev–Trinajstić information content (AvgIpc) is 3.25. The van der Waals surface area contributed by atoms with Gasteiger partial charge in [-0.3, -0.25) is 4.79 Å². The van der Waals surface area contributed by atoms with Crippen LogP contribution in [0.2, 0.25) is 5.02 Å². The molecular formula is C23H19ClFN5O3. The third-order valence-corrected chi connectivity index (χ3v) is 5.04. The van der Waals surface area contributed by atoms with Gasteiger partial charge >= 0.3 is 0 Å². The number of methoxy groups -OCH3 is 1. The number of ether oxygens (including phenoxy) is 2. The minimum atomic E-state index is -0.521. The number of tetrazole rings is 1. The van der Waals surface area contributed by atoms with E-state index in [0.717, 1.165) is 5.56 Å². The van der Waals surface area contributed by atoms with Crippen LogP contribution in [0.4, 0.5) is 10.1 Å². The summed E-state index contributed by atoms with van der Waals surface area (Å²) in [7, 11) is 1.49. The van der Waals surface area contributed by atoms with Crippen molar-refractivity contribution in [3.8, 4) is 17.2 Å². The van der Waals surface area contributed by atoms with Crippen LogP contribution in [0.1, 0.15) is 21.7 Å². The lowest BCUT2D eigenvalue weighted by molar-refractivity contribution is 0.102. The number of hydrogen-bond acceptors (Lipinski definition) is 6. The molecule has 0 aliphatic rings. The first-order valence-electron chi connectivity index (χ1n) is 9.86. The molecule has 168 valence electrons. The van der Waals surface area contributed by atoms with Crippen LogP contribution in [0.15, 0.2) is 60.7 Å². The van der Waals surface area contributed by atoms with Gasteiger partial charge in [-0.25, -0.2) is 4.39 Å². The fourth-order valence-electron chi connectivity index (χ4n) is 3.08. The molecule has 0 saturated carbocycles. The molecule has 0 bridgehead atoms. The fourth-order valence-corrected chi connectivity index (χ4v) is 3.21. The van der Waals surface area contributed by atoms with E-state index in [4.69, 9.17) is 21.1 Å². The number of carbonyl (C=O) groups excluding carboxylic acids is 1. The topological polar surface area (TPSA) is 91.2 Å². The number of aromatic nitrogens is 4.